The zero-order valence-electron chi connectivity index (χ0n) is 35.1. The van der Waals surface area contributed by atoms with E-state index >= 15 is 0 Å². The van der Waals surface area contributed by atoms with E-state index in [0.29, 0.717) is 0 Å². The van der Waals surface area contributed by atoms with Gasteiger partial charge in [-0.3, -0.25) is 0 Å². The molecule has 9 heteroatoms. The van der Waals surface area contributed by atoms with Gasteiger partial charge >= 0.3 is 31.4 Å². The van der Waals surface area contributed by atoms with Gasteiger partial charge in [-0.05, 0) is 39.5 Å². The fourth-order valence-electron chi connectivity index (χ4n) is 5.28. The molecule has 0 fully saturated rings. The maximum Gasteiger partial charge on any atom is 2.00 e. The van der Waals surface area contributed by atoms with Crippen molar-refractivity contribution in [3.8, 4) is 0 Å². The van der Waals surface area contributed by atoms with Gasteiger partial charge in [-0.1, -0.05) is 207 Å². The fraction of sp³-hybridized carbons (Fsp3) is 0.818. The van der Waals surface area contributed by atoms with Crippen LogP contribution < -0.4 is 10.2 Å². The third-order valence-electron chi connectivity index (χ3n) is 8.70. The second-order valence-electron chi connectivity index (χ2n) is 14.3. The number of rotatable bonds is 34. The van der Waals surface area contributed by atoms with Crippen molar-refractivity contribution in [1.82, 2.24) is 0 Å². The summed E-state index contributed by atoms with van der Waals surface area (Å²) in [6, 6.07) is 0. The summed E-state index contributed by atoms with van der Waals surface area (Å²) in [6.07, 6.45) is 39.7. The minimum absolute atomic E-state index is 0. The summed E-state index contributed by atoms with van der Waals surface area (Å²) in [7, 11) is 0. The van der Waals surface area contributed by atoms with Crippen LogP contribution in [0.25, 0.3) is 0 Å². The number of carbonyl (C=O) groups excluding carboxylic acids is 2. The summed E-state index contributed by atoms with van der Waals surface area (Å²) in [5.74, 6) is -3.68. The first kappa shape index (κ1) is 60.2. The molecular formula is C44H82O8Zn. The van der Waals surface area contributed by atoms with Crippen molar-refractivity contribution < 1.29 is 59.1 Å². The molecule has 53 heavy (non-hydrogen) atoms. The van der Waals surface area contributed by atoms with Gasteiger partial charge in [-0.25, -0.2) is 9.59 Å². The molecule has 0 saturated carbocycles. The third-order valence-corrected chi connectivity index (χ3v) is 8.70. The molecule has 0 spiro atoms. The average molecular weight is 805 g/mol. The number of carbonyl (C=O) groups is 4. The van der Waals surface area contributed by atoms with Crippen LogP contribution in [0.2, 0.25) is 0 Å². The first-order valence-corrected chi connectivity index (χ1v) is 21.0. The molecule has 0 unspecified atom stereocenters. The molecule has 0 saturated heterocycles. The Kier molecular flexibility index (Phi) is 59.2. The number of carboxylic acids is 4. The monoisotopic (exact) mass is 803 g/mol. The largest absolute Gasteiger partial charge is 2.00 e. The van der Waals surface area contributed by atoms with Gasteiger partial charge in [0.05, 0.1) is 0 Å². The quantitative estimate of drug-likeness (QED) is 0.0370. The Hall–Kier alpha value is -2.02. The predicted octanol–water partition coefficient (Wildman–Crippen LogP) is 11.3. The van der Waals surface area contributed by atoms with Crippen LogP contribution >= 0.6 is 0 Å². The normalized spacial score (nSPS) is 9.89. The Bertz CT molecular complexity index is 751. The Morgan fingerprint density at radius 2 is 0.509 bits per heavy atom. The molecule has 0 radical (unpaired) electrons. The van der Waals surface area contributed by atoms with Gasteiger partial charge in [-0.15, -0.1) is 0 Å². The Balaban J connectivity index is -0.000000218. The van der Waals surface area contributed by atoms with E-state index in [2.05, 4.69) is 27.0 Å². The van der Waals surface area contributed by atoms with Gasteiger partial charge in [0.1, 0.15) is 0 Å². The molecule has 8 nitrogen and oxygen atoms in total. The minimum atomic E-state index is -0.935. The van der Waals surface area contributed by atoms with Crippen molar-refractivity contribution in [2.45, 2.75) is 233 Å². The van der Waals surface area contributed by atoms with Crippen molar-refractivity contribution in [2.24, 2.45) is 0 Å². The molecule has 0 amide bonds. The Morgan fingerprint density at radius 1 is 0.377 bits per heavy atom. The van der Waals surface area contributed by atoms with E-state index in [1.54, 1.807) is 0 Å². The molecule has 0 rings (SSSR count). The van der Waals surface area contributed by atoms with Gasteiger partial charge in [0.15, 0.2) is 0 Å². The molecular weight excluding hydrogens is 722 g/mol. The zero-order chi connectivity index (χ0) is 40.1. The molecule has 0 aliphatic heterocycles. The van der Waals surface area contributed by atoms with E-state index in [1.165, 1.54) is 181 Å². The molecule has 0 bridgehead atoms. The maximum absolute atomic E-state index is 10.2. The summed E-state index contributed by atoms with van der Waals surface area (Å²) >= 11 is 0. The second-order valence-corrected chi connectivity index (χ2v) is 14.3. The molecule has 0 aliphatic carbocycles. The molecule has 308 valence electrons. The number of aliphatic carboxylic acids is 4. The van der Waals surface area contributed by atoms with Gasteiger partial charge in [0.2, 0.25) is 0 Å². The van der Waals surface area contributed by atoms with Crippen molar-refractivity contribution >= 4 is 23.9 Å². The molecule has 0 atom stereocenters. The van der Waals surface area contributed by atoms with Crippen molar-refractivity contribution in [2.75, 3.05) is 0 Å². The topological polar surface area (TPSA) is 155 Å². The van der Waals surface area contributed by atoms with E-state index < -0.39 is 23.9 Å². The summed E-state index contributed by atoms with van der Waals surface area (Å²) in [4.78, 5) is 39.6. The van der Waals surface area contributed by atoms with Gasteiger partial charge < -0.3 is 30.0 Å². The standard InChI is InChI=1S/2C18H36O2.2C4H6O2.Zn/c2*1-2-3-4-5-6-7-8-9-10-11-12-13-14-15-16-17-18(19)20;2*1-3(2)4(5)6;/h2*2-17H2,1H3,(H,19,20);2*1H2,2H3,(H,5,6);/q;;;;+2/p-2. The van der Waals surface area contributed by atoms with Crippen molar-refractivity contribution in [1.29, 1.82) is 0 Å². The van der Waals surface area contributed by atoms with E-state index in [1.807, 2.05) is 0 Å². The van der Waals surface area contributed by atoms with Crippen molar-refractivity contribution in [3.63, 3.8) is 0 Å². The molecule has 2 N–H and O–H groups in total. The number of hydrogen-bond donors (Lipinski definition) is 2. The van der Waals surface area contributed by atoms with Crippen molar-refractivity contribution in [3.05, 3.63) is 24.3 Å². The number of hydrogen-bond acceptors (Lipinski definition) is 6. The van der Waals surface area contributed by atoms with E-state index in [4.69, 9.17) is 10.2 Å². The third kappa shape index (κ3) is 72.0. The number of unbranched alkanes of at least 4 members (excludes halogenated alkanes) is 28. The van der Waals surface area contributed by atoms with E-state index in [-0.39, 0.29) is 43.5 Å². The summed E-state index contributed by atoms with van der Waals surface area (Å²) in [5, 5.41) is 36.2. The summed E-state index contributed by atoms with van der Waals surface area (Å²) in [5.41, 5.74) is 0.352. The zero-order valence-corrected chi connectivity index (χ0v) is 38.1. The minimum Gasteiger partial charge on any atom is -0.550 e. The van der Waals surface area contributed by atoms with Crippen LogP contribution in [0.1, 0.15) is 233 Å². The molecule has 0 aliphatic rings. The maximum atomic E-state index is 10.2. The Labute approximate surface area is 339 Å². The van der Waals surface area contributed by atoms with Gasteiger partial charge in [0.25, 0.3) is 0 Å². The molecule has 0 heterocycles. The predicted molar refractivity (Wildman–Crippen MR) is 214 cm³/mol. The molecule has 0 aromatic rings. The van der Waals surface area contributed by atoms with Crippen LogP contribution in [0.3, 0.4) is 0 Å². The SMILES string of the molecule is C=C(C)C(=O)O.C=C(C)C(=O)O.CCCCCCCCCCCCCCCCCC(=O)[O-].CCCCCCCCCCCCCCCCCC(=O)[O-].[Zn+2]. The first-order chi connectivity index (χ1) is 24.8. The molecule has 0 aromatic carbocycles. The van der Waals surface area contributed by atoms with Crippen LogP contribution in [0.15, 0.2) is 24.3 Å². The van der Waals surface area contributed by atoms with Crippen LogP contribution in [-0.4, -0.2) is 34.1 Å². The van der Waals surface area contributed by atoms with Crippen LogP contribution in [0.4, 0.5) is 0 Å². The summed E-state index contributed by atoms with van der Waals surface area (Å²) in [6.45, 7) is 13.7. The molecule has 0 aromatic heterocycles. The van der Waals surface area contributed by atoms with Crippen LogP contribution in [0.5, 0.6) is 0 Å². The fourth-order valence-corrected chi connectivity index (χ4v) is 5.28. The summed E-state index contributed by atoms with van der Waals surface area (Å²) < 4.78 is 0. The smallest absolute Gasteiger partial charge is 0.550 e. The second kappa shape index (κ2) is 52.1. The van der Waals surface area contributed by atoms with Crippen LogP contribution in [-0.2, 0) is 38.7 Å². The van der Waals surface area contributed by atoms with Gasteiger partial charge in [-0.2, -0.15) is 0 Å². The van der Waals surface area contributed by atoms with E-state index in [0.717, 1.165) is 25.7 Å². The van der Waals surface area contributed by atoms with Crippen LogP contribution in [0, 0.1) is 0 Å². The average Bonchev–Trinajstić information content (AvgIpc) is 3.08. The van der Waals surface area contributed by atoms with E-state index in [9.17, 15) is 29.4 Å². The Morgan fingerprint density at radius 3 is 0.623 bits per heavy atom. The number of carboxylic acid groups (broad SMARTS) is 4. The van der Waals surface area contributed by atoms with Gasteiger partial charge in [0, 0.05) is 23.1 Å². The first-order valence-electron chi connectivity index (χ1n) is 21.0.